The smallest absolute Gasteiger partial charge is 0.338 e. The summed E-state index contributed by atoms with van der Waals surface area (Å²) in [6, 6.07) is 15.8. The first-order valence-corrected chi connectivity index (χ1v) is 13.7. The van der Waals surface area contributed by atoms with E-state index in [9.17, 15) is 9.90 Å². The zero-order valence-electron chi connectivity index (χ0n) is 23.8. The maximum atomic E-state index is 13.2. The number of rotatable bonds is 4. The molecule has 0 unspecified atom stereocenters. The lowest BCUT2D eigenvalue weighted by Gasteiger charge is -2.33. The number of nitrogens with one attached hydrogen (secondary N) is 1. The van der Waals surface area contributed by atoms with Crippen molar-refractivity contribution >= 4 is 28.4 Å². The molecule has 2 N–H and O–H groups in total. The molecule has 0 bridgehead atoms. The van der Waals surface area contributed by atoms with Gasteiger partial charge in [-0.25, -0.2) is 4.79 Å². The molecule has 0 atom stereocenters. The molecule has 0 fully saturated rings. The van der Waals surface area contributed by atoms with E-state index >= 15 is 0 Å². The molecule has 0 aliphatic carbocycles. The molecule has 0 saturated carbocycles. The number of carbonyl (C=O) groups is 1. The number of ether oxygens (including phenoxy) is 2. The molecule has 0 saturated heterocycles. The normalized spacial score (nSPS) is 17.4. The molecule has 3 aliphatic rings. The molecular weight excluding hydrogens is 500 g/mol. The molecule has 3 heterocycles. The number of benzene rings is 3. The molecule has 3 aliphatic heterocycles. The number of hydrogen-bond acceptors (Lipinski definition) is 6. The van der Waals surface area contributed by atoms with Crippen LogP contribution in [0.2, 0.25) is 0 Å². The van der Waals surface area contributed by atoms with Crippen LogP contribution < -0.4 is 20.6 Å². The van der Waals surface area contributed by atoms with Gasteiger partial charge in [-0.1, -0.05) is 30.4 Å². The number of fused-ring (bicyclic) bond motifs is 4. The van der Waals surface area contributed by atoms with Crippen molar-refractivity contribution in [3.05, 3.63) is 99.1 Å². The monoisotopic (exact) mass is 534 g/mol. The van der Waals surface area contributed by atoms with Gasteiger partial charge in [0.1, 0.15) is 18.1 Å². The van der Waals surface area contributed by atoms with Gasteiger partial charge in [0.25, 0.3) is 0 Å². The van der Waals surface area contributed by atoms with Crippen molar-refractivity contribution in [3.8, 4) is 11.5 Å². The van der Waals surface area contributed by atoms with Crippen LogP contribution in [0, 0.1) is 0 Å². The summed E-state index contributed by atoms with van der Waals surface area (Å²) in [5, 5.41) is 14.7. The largest absolute Gasteiger partial charge is 0.460 e. The Morgan fingerprint density at radius 3 is 2.45 bits per heavy atom. The Balaban J connectivity index is 1.69. The van der Waals surface area contributed by atoms with Gasteiger partial charge in [0.15, 0.2) is 0 Å². The number of aliphatic hydroxyl groups excluding tert-OH is 1. The first-order chi connectivity index (χ1) is 19.0. The van der Waals surface area contributed by atoms with Gasteiger partial charge in [0.05, 0.1) is 28.6 Å². The Labute approximate surface area is 234 Å². The van der Waals surface area contributed by atoms with E-state index in [2.05, 4.69) is 77.2 Å². The fourth-order valence-electron chi connectivity index (χ4n) is 6.15. The number of aliphatic hydroxyl groups is 1. The summed E-state index contributed by atoms with van der Waals surface area (Å²) in [4.78, 5) is 18.2. The summed E-state index contributed by atoms with van der Waals surface area (Å²) < 4.78 is 12.0. The molecule has 40 heavy (non-hydrogen) atoms. The molecule has 0 spiro atoms. The third-order valence-corrected chi connectivity index (χ3v) is 7.58. The van der Waals surface area contributed by atoms with E-state index in [1.54, 1.807) is 6.07 Å². The fourth-order valence-corrected chi connectivity index (χ4v) is 6.15. The van der Waals surface area contributed by atoms with Crippen molar-refractivity contribution < 1.29 is 19.4 Å². The van der Waals surface area contributed by atoms with E-state index in [1.807, 2.05) is 24.3 Å². The van der Waals surface area contributed by atoms with E-state index in [0.717, 1.165) is 49.7 Å². The van der Waals surface area contributed by atoms with Gasteiger partial charge in [-0.2, -0.15) is 0 Å². The lowest BCUT2D eigenvalue weighted by Crippen LogP contribution is -2.32. The van der Waals surface area contributed by atoms with E-state index < -0.39 is 5.97 Å². The Kier molecular flexibility index (Phi) is 6.00. The quantitative estimate of drug-likeness (QED) is 0.333. The minimum atomic E-state index is -0.477. The van der Waals surface area contributed by atoms with Gasteiger partial charge in [-0.15, -0.1) is 0 Å². The van der Waals surface area contributed by atoms with Crippen LogP contribution in [0.3, 0.4) is 0 Å². The third kappa shape index (κ3) is 4.42. The van der Waals surface area contributed by atoms with Crippen LogP contribution in [0.25, 0.3) is 16.7 Å². The molecule has 0 radical (unpaired) electrons. The van der Waals surface area contributed by atoms with E-state index in [0.29, 0.717) is 17.1 Å². The zero-order valence-corrected chi connectivity index (χ0v) is 23.8. The maximum absolute atomic E-state index is 13.2. The van der Waals surface area contributed by atoms with Gasteiger partial charge in [0, 0.05) is 45.3 Å². The predicted octanol–water partition coefficient (Wildman–Crippen LogP) is 5.61. The third-order valence-electron chi connectivity index (χ3n) is 7.58. The number of carbonyl (C=O) groups excluding carboxylic acids is 1. The molecule has 0 aromatic heterocycles. The lowest BCUT2D eigenvalue weighted by molar-refractivity contribution is 0.0433. The van der Waals surface area contributed by atoms with Crippen LogP contribution in [0.15, 0.2) is 65.7 Å². The van der Waals surface area contributed by atoms with Gasteiger partial charge >= 0.3 is 5.97 Å². The van der Waals surface area contributed by atoms with Crippen molar-refractivity contribution in [2.75, 3.05) is 18.5 Å². The second-order valence-corrected chi connectivity index (χ2v) is 11.9. The minimum absolute atomic E-state index is 0.0630. The van der Waals surface area contributed by atoms with Gasteiger partial charge in [-0.3, -0.25) is 4.99 Å². The van der Waals surface area contributed by atoms with E-state index in [1.165, 1.54) is 5.57 Å². The molecule has 6 rings (SSSR count). The topological polar surface area (TPSA) is 80.2 Å². The summed E-state index contributed by atoms with van der Waals surface area (Å²) in [6.07, 6.45) is 4.41. The molecule has 3 aromatic rings. The second-order valence-electron chi connectivity index (χ2n) is 11.9. The maximum Gasteiger partial charge on any atom is 0.338 e. The van der Waals surface area contributed by atoms with Gasteiger partial charge < -0.3 is 19.9 Å². The Morgan fingerprint density at radius 2 is 1.68 bits per heavy atom. The minimum Gasteiger partial charge on any atom is -0.460 e. The first-order valence-electron chi connectivity index (χ1n) is 13.7. The van der Waals surface area contributed by atoms with Crippen molar-refractivity contribution in [3.63, 3.8) is 0 Å². The van der Waals surface area contributed by atoms with Crippen molar-refractivity contribution in [2.24, 2.45) is 4.99 Å². The first kappa shape index (κ1) is 26.1. The van der Waals surface area contributed by atoms with Crippen LogP contribution in [0.1, 0.15) is 74.2 Å². The van der Waals surface area contributed by atoms with E-state index in [4.69, 9.17) is 14.5 Å². The van der Waals surface area contributed by atoms with Crippen molar-refractivity contribution in [1.82, 2.24) is 0 Å². The summed E-state index contributed by atoms with van der Waals surface area (Å²) in [7, 11) is 0. The van der Waals surface area contributed by atoms with Crippen LogP contribution in [-0.4, -0.2) is 35.4 Å². The second kappa shape index (κ2) is 9.20. The van der Waals surface area contributed by atoms with Crippen LogP contribution in [0.4, 0.5) is 5.69 Å². The fraction of sp³-hybridized carbons (Fsp3) is 0.294. The summed E-state index contributed by atoms with van der Waals surface area (Å²) in [5.74, 6) is 0.923. The number of nitrogens with zero attached hydrogens (tertiary/aromatic N) is 1. The Morgan fingerprint density at radius 1 is 0.925 bits per heavy atom. The molecule has 3 aromatic carbocycles. The molecule has 6 heteroatoms. The Bertz CT molecular complexity index is 1780. The van der Waals surface area contributed by atoms with Crippen LogP contribution in [0.5, 0.6) is 11.5 Å². The molecule has 0 amide bonds. The predicted molar refractivity (Wildman–Crippen MR) is 158 cm³/mol. The molecule has 204 valence electrons. The number of hydrogen-bond donors (Lipinski definition) is 2. The highest BCUT2D eigenvalue weighted by Crippen LogP contribution is 2.44. The number of anilines is 1. The summed E-state index contributed by atoms with van der Waals surface area (Å²) in [6.45, 7) is 12.4. The van der Waals surface area contributed by atoms with Gasteiger partial charge in [0.2, 0.25) is 0 Å². The van der Waals surface area contributed by atoms with E-state index in [-0.39, 0.29) is 24.3 Å². The van der Waals surface area contributed by atoms with Crippen LogP contribution >= 0.6 is 0 Å². The van der Waals surface area contributed by atoms with Gasteiger partial charge in [-0.05, 0) is 76.5 Å². The summed E-state index contributed by atoms with van der Waals surface area (Å²) in [5.41, 5.74) is 7.93. The van der Waals surface area contributed by atoms with Crippen LogP contribution in [-0.2, 0) is 4.74 Å². The van der Waals surface area contributed by atoms with Crippen molar-refractivity contribution in [1.29, 1.82) is 0 Å². The SMILES string of the molecule is CC1=CC(C)(C)Nc2cc3c(cc21)C(c1ccccc1C(=O)OCCO)=c1cc2c(cc1O3)=NC(C)(C)C=C2C. The number of esters is 1. The number of allylic oxidation sites excluding steroid dienone is 2. The van der Waals surface area contributed by atoms with Crippen molar-refractivity contribution in [2.45, 2.75) is 52.6 Å². The summed E-state index contributed by atoms with van der Waals surface area (Å²) >= 11 is 0. The highest BCUT2D eigenvalue weighted by molar-refractivity contribution is 6.00. The lowest BCUT2D eigenvalue weighted by atomic mass is 9.84. The highest BCUT2D eigenvalue weighted by atomic mass is 16.5. The molecular formula is C34H34N2O4. The Hall–Kier alpha value is -4.16. The average molecular weight is 535 g/mol. The molecule has 6 nitrogen and oxygen atoms in total. The average Bonchev–Trinajstić information content (AvgIpc) is 2.87. The zero-order chi connectivity index (χ0) is 28.4. The highest BCUT2D eigenvalue weighted by Gasteiger charge is 2.30. The standard InChI is InChI=1S/C34H34N2O4/c1-19-17-33(3,4)35-27-15-29-25(13-23(19)27)31(21-9-7-8-10-22(21)32(38)39-12-11-37)26-14-24-20(2)18-34(5,6)36-28(24)16-30(26)40-29/h7-10,13-18,35,37H,11-12H2,1-6H3.